The fourth-order valence-corrected chi connectivity index (χ4v) is 3.45. The average molecular weight is 311 g/mol. The molecular formula is C17H17N3OS. The van der Waals surface area contributed by atoms with Crippen LogP contribution in [-0.2, 0) is 0 Å². The van der Waals surface area contributed by atoms with E-state index in [0.29, 0.717) is 11.2 Å². The van der Waals surface area contributed by atoms with E-state index in [-0.39, 0.29) is 5.56 Å². The predicted octanol–water partition coefficient (Wildman–Crippen LogP) is 3.57. The standard InChI is InChI=1S/C17H17N3OS/c1-10-7-11(2)15(12(3)8-10)9-18-20-13(4)19-16-14(17(20)21)5-6-22-16/h5-9H,1-4H3. The molecule has 0 atom stereocenters. The van der Waals surface area contributed by atoms with Crippen LogP contribution < -0.4 is 5.56 Å². The zero-order chi connectivity index (χ0) is 15.9. The van der Waals surface area contributed by atoms with Gasteiger partial charge in [-0.25, -0.2) is 4.98 Å². The third kappa shape index (κ3) is 2.48. The Morgan fingerprint density at radius 3 is 2.55 bits per heavy atom. The Morgan fingerprint density at radius 2 is 1.86 bits per heavy atom. The largest absolute Gasteiger partial charge is 0.282 e. The average Bonchev–Trinajstić information content (AvgIpc) is 2.89. The number of benzene rings is 1. The van der Waals surface area contributed by atoms with Gasteiger partial charge >= 0.3 is 0 Å². The molecule has 2 heterocycles. The summed E-state index contributed by atoms with van der Waals surface area (Å²) in [6.45, 7) is 7.98. The smallest absolute Gasteiger partial charge is 0.267 e. The zero-order valence-corrected chi connectivity index (χ0v) is 13.9. The highest BCUT2D eigenvalue weighted by atomic mass is 32.1. The second-order valence-corrected chi connectivity index (χ2v) is 6.37. The summed E-state index contributed by atoms with van der Waals surface area (Å²) in [6.07, 6.45) is 1.75. The van der Waals surface area contributed by atoms with Gasteiger partial charge in [-0.05, 0) is 50.3 Å². The van der Waals surface area contributed by atoms with E-state index >= 15 is 0 Å². The zero-order valence-electron chi connectivity index (χ0n) is 13.0. The molecule has 0 saturated carbocycles. The maximum absolute atomic E-state index is 12.5. The molecular weight excluding hydrogens is 294 g/mol. The summed E-state index contributed by atoms with van der Waals surface area (Å²) in [5.41, 5.74) is 4.44. The molecule has 3 rings (SSSR count). The molecule has 0 N–H and O–H groups in total. The van der Waals surface area contributed by atoms with Crippen LogP contribution in [0, 0.1) is 27.7 Å². The number of thiophene rings is 1. The van der Waals surface area contributed by atoms with Crippen molar-refractivity contribution in [1.29, 1.82) is 0 Å². The van der Waals surface area contributed by atoms with Crippen molar-refractivity contribution in [3.8, 4) is 0 Å². The first-order chi connectivity index (χ1) is 10.5. The Hall–Kier alpha value is -2.27. The van der Waals surface area contributed by atoms with Gasteiger partial charge in [-0.3, -0.25) is 4.79 Å². The van der Waals surface area contributed by atoms with E-state index in [1.54, 1.807) is 19.2 Å². The van der Waals surface area contributed by atoms with E-state index < -0.39 is 0 Å². The molecule has 0 bridgehead atoms. The van der Waals surface area contributed by atoms with Crippen LogP contribution in [-0.4, -0.2) is 15.9 Å². The quantitative estimate of drug-likeness (QED) is 0.679. The number of fused-ring (bicyclic) bond motifs is 1. The van der Waals surface area contributed by atoms with Gasteiger partial charge in [-0.1, -0.05) is 17.7 Å². The fourth-order valence-electron chi connectivity index (χ4n) is 2.65. The summed E-state index contributed by atoms with van der Waals surface area (Å²) in [4.78, 5) is 17.7. The lowest BCUT2D eigenvalue weighted by atomic mass is 10.0. The Kier molecular flexibility index (Phi) is 3.66. The van der Waals surface area contributed by atoms with Gasteiger partial charge in [0, 0.05) is 5.56 Å². The maximum Gasteiger partial charge on any atom is 0.282 e. The van der Waals surface area contributed by atoms with Crippen LogP contribution in [0.2, 0.25) is 0 Å². The first kappa shape index (κ1) is 14.7. The number of aromatic nitrogens is 2. The van der Waals surface area contributed by atoms with Gasteiger partial charge in [0.2, 0.25) is 0 Å². The van der Waals surface area contributed by atoms with E-state index in [9.17, 15) is 4.79 Å². The molecule has 0 radical (unpaired) electrons. The van der Waals surface area contributed by atoms with Crippen LogP contribution in [0.5, 0.6) is 0 Å². The van der Waals surface area contributed by atoms with Gasteiger partial charge in [0.05, 0.1) is 11.6 Å². The molecule has 2 aromatic heterocycles. The fraction of sp³-hybridized carbons (Fsp3) is 0.235. The van der Waals surface area contributed by atoms with Crippen LogP contribution in [0.15, 0.2) is 33.5 Å². The van der Waals surface area contributed by atoms with Crippen LogP contribution in [0.3, 0.4) is 0 Å². The Morgan fingerprint density at radius 1 is 1.18 bits per heavy atom. The molecule has 0 amide bonds. The molecule has 112 valence electrons. The first-order valence-electron chi connectivity index (χ1n) is 7.06. The third-order valence-corrected chi connectivity index (χ3v) is 4.48. The lowest BCUT2D eigenvalue weighted by Crippen LogP contribution is -2.20. The molecule has 0 aliphatic carbocycles. The van der Waals surface area contributed by atoms with E-state index in [2.05, 4.69) is 43.0 Å². The molecule has 1 aromatic carbocycles. The molecule has 0 aliphatic rings. The topological polar surface area (TPSA) is 47.2 Å². The summed E-state index contributed by atoms with van der Waals surface area (Å²) in [5.74, 6) is 0.596. The van der Waals surface area contributed by atoms with Gasteiger partial charge in [0.15, 0.2) is 0 Å². The number of hydrogen-bond acceptors (Lipinski definition) is 4. The first-order valence-corrected chi connectivity index (χ1v) is 7.94. The normalized spacial score (nSPS) is 11.6. The summed E-state index contributed by atoms with van der Waals surface area (Å²) in [5, 5.41) is 6.87. The van der Waals surface area contributed by atoms with E-state index in [1.807, 2.05) is 5.38 Å². The SMILES string of the molecule is Cc1cc(C)c(C=Nn2c(C)nc3sccc3c2=O)c(C)c1. The number of rotatable bonds is 2. The van der Waals surface area contributed by atoms with Gasteiger partial charge in [0.1, 0.15) is 10.7 Å². The molecule has 22 heavy (non-hydrogen) atoms. The van der Waals surface area contributed by atoms with Crippen molar-refractivity contribution in [2.45, 2.75) is 27.7 Å². The monoisotopic (exact) mass is 311 g/mol. The Labute approximate surface area is 132 Å². The molecule has 0 fully saturated rings. The summed E-state index contributed by atoms with van der Waals surface area (Å²) in [6, 6.07) is 6.03. The highest BCUT2D eigenvalue weighted by Crippen LogP contribution is 2.16. The summed E-state index contributed by atoms with van der Waals surface area (Å²) >= 11 is 1.47. The van der Waals surface area contributed by atoms with Gasteiger partial charge in [-0.15, -0.1) is 11.3 Å². The predicted molar refractivity (Wildman–Crippen MR) is 92.3 cm³/mol. The van der Waals surface area contributed by atoms with Crippen molar-refractivity contribution in [3.05, 3.63) is 62.0 Å². The van der Waals surface area contributed by atoms with Crippen LogP contribution in [0.4, 0.5) is 0 Å². The van der Waals surface area contributed by atoms with E-state index in [4.69, 9.17) is 0 Å². The van der Waals surface area contributed by atoms with Crippen molar-refractivity contribution in [2.75, 3.05) is 0 Å². The lowest BCUT2D eigenvalue weighted by molar-refractivity contribution is 0.772. The molecule has 0 unspecified atom stereocenters. The van der Waals surface area contributed by atoms with Crippen molar-refractivity contribution in [1.82, 2.24) is 9.66 Å². The molecule has 0 spiro atoms. The highest BCUT2D eigenvalue weighted by Gasteiger charge is 2.08. The lowest BCUT2D eigenvalue weighted by Gasteiger charge is -2.07. The van der Waals surface area contributed by atoms with Gasteiger partial charge in [-0.2, -0.15) is 9.78 Å². The number of aryl methyl sites for hydroxylation is 4. The molecule has 5 heteroatoms. The molecule has 0 saturated heterocycles. The second kappa shape index (κ2) is 5.50. The van der Waals surface area contributed by atoms with E-state index in [0.717, 1.165) is 21.5 Å². The minimum absolute atomic E-state index is 0.123. The summed E-state index contributed by atoms with van der Waals surface area (Å²) < 4.78 is 1.37. The molecule has 0 aliphatic heterocycles. The molecule has 4 nitrogen and oxygen atoms in total. The van der Waals surface area contributed by atoms with Gasteiger partial charge < -0.3 is 0 Å². The van der Waals surface area contributed by atoms with Crippen LogP contribution in [0.1, 0.15) is 28.1 Å². The highest BCUT2D eigenvalue weighted by molar-refractivity contribution is 7.16. The van der Waals surface area contributed by atoms with Crippen molar-refractivity contribution < 1.29 is 0 Å². The van der Waals surface area contributed by atoms with Gasteiger partial charge in [0.25, 0.3) is 5.56 Å². The summed E-state index contributed by atoms with van der Waals surface area (Å²) in [7, 11) is 0. The number of hydrogen-bond donors (Lipinski definition) is 0. The maximum atomic E-state index is 12.5. The minimum atomic E-state index is -0.123. The van der Waals surface area contributed by atoms with E-state index in [1.165, 1.54) is 21.6 Å². The third-order valence-electron chi connectivity index (χ3n) is 3.68. The number of nitrogens with zero attached hydrogens (tertiary/aromatic N) is 3. The Balaban J connectivity index is 2.12. The van der Waals surface area contributed by atoms with Crippen molar-refractivity contribution in [2.24, 2.45) is 5.10 Å². The van der Waals surface area contributed by atoms with Crippen LogP contribution >= 0.6 is 11.3 Å². The molecule has 3 aromatic rings. The minimum Gasteiger partial charge on any atom is -0.267 e. The van der Waals surface area contributed by atoms with Crippen molar-refractivity contribution >= 4 is 27.8 Å². The second-order valence-electron chi connectivity index (χ2n) is 5.47. The van der Waals surface area contributed by atoms with Crippen LogP contribution in [0.25, 0.3) is 10.2 Å². The Bertz CT molecular complexity index is 927. The van der Waals surface area contributed by atoms with Crippen molar-refractivity contribution in [3.63, 3.8) is 0 Å².